The zero-order valence-corrected chi connectivity index (χ0v) is 16.7. The van der Waals surface area contributed by atoms with Gasteiger partial charge in [0.1, 0.15) is 5.01 Å². The number of benzene rings is 2. The Hall–Kier alpha value is -2.70. The van der Waals surface area contributed by atoms with Crippen molar-refractivity contribution in [1.29, 1.82) is 0 Å². The van der Waals surface area contributed by atoms with Gasteiger partial charge in [0.05, 0.1) is 21.6 Å². The highest BCUT2D eigenvalue weighted by Crippen LogP contribution is 2.25. The number of anilines is 2. The summed E-state index contributed by atoms with van der Waals surface area (Å²) in [5, 5.41) is 7.41. The molecule has 1 aliphatic rings. The van der Waals surface area contributed by atoms with Crippen LogP contribution < -0.4 is 10.6 Å². The van der Waals surface area contributed by atoms with Gasteiger partial charge in [-0.05, 0) is 63.3 Å². The number of rotatable bonds is 5. The second-order valence-electron chi connectivity index (χ2n) is 7.11. The first-order chi connectivity index (χ1) is 13.7. The summed E-state index contributed by atoms with van der Waals surface area (Å²) < 4.78 is 1.12. The summed E-state index contributed by atoms with van der Waals surface area (Å²) in [7, 11) is 2.15. The van der Waals surface area contributed by atoms with Crippen molar-refractivity contribution in [2.75, 3.05) is 30.8 Å². The molecule has 0 saturated carbocycles. The molecule has 4 rings (SSSR count). The van der Waals surface area contributed by atoms with Crippen LogP contribution in [0.25, 0.3) is 16.3 Å². The first-order valence-electron chi connectivity index (χ1n) is 9.56. The molecule has 6 heteroatoms. The quantitative estimate of drug-likeness (QED) is 0.630. The number of piperidine rings is 1. The van der Waals surface area contributed by atoms with Crippen molar-refractivity contribution >= 4 is 44.9 Å². The normalized spacial score (nSPS) is 15.9. The molecule has 0 spiro atoms. The number of hydrogen-bond acceptors (Lipinski definition) is 5. The number of carbonyl (C=O) groups excluding carboxylic acids is 1. The molecule has 1 amide bonds. The maximum atomic E-state index is 12.4. The molecular formula is C22H24N4OS. The van der Waals surface area contributed by atoms with Crippen molar-refractivity contribution in [3.63, 3.8) is 0 Å². The average molecular weight is 393 g/mol. The molecule has 0 unspecified atom stereocenters. The monoisotopic (exact) mass is 392 g/mol. The standard InChI is InChI=1S/C22H24N4OS/c1-26-14-12-16(13-15-26)23-17-6-2-3-7-18(17)24-21(27)10-11-22-25-19-8-4-5-9-20(19)28-22/h2-11,16,23H,12-15H2,1H3,(H,24,27)/b11-10+. The van der Waals surface area contributed by atoms with Crippen molar-refractivity contribution in [2.24, 2.45) is 0 Å². The lowest BCUT2D eigenvalue weighted by molar-refractivity contribution is -0.111. The van der Waals surface area contributed by atoms with Gasteiger partial charge in [-0.1, -0.05) is 24.3 Å². The largest absolute Gasteiger partial charge is 0.381 e. The van der Waals surface area contributed by atoms with Gasteiger partial charge >= 0.3 is 0 Å². The van der Waals surface area contributed by atoms with Crippen molar-refractivity contribution in [3.8, 4) is 0 Å². The lowest BCUT2D eigenvalue weighted by Crippen LogP contribution is -2.36. The number of para-hydroxylation sites is 3. The van der Waals surface area contributed by atoms with E-state index in [-0.39, 0.29) is 5.91 Å². The van der Waals surface area contributed by atoms with Crippen LogP contribution in [0.3, 0.4) is 0 Å². The van der Waals surface area contributed by atoms with Crippen molar-refractivity contribution in [2.45, 2.75) is 18.9 Å². The molecule has 5 nitrogen and oxygen atoms in total. The summed E-state index contributed by atoms with van der Waals surface area (Å²) in [4.78, 5) is 19.3. The van der Waals surface area contributed by atoms with Crippen LogP contribution in [0.4, 0.5) is 11.4 Å². The molecule has 1 aliphatic heterocycles. The fraction of sp³-hybridized carbons (Fsp3) is 0.273. The van der Waals surface area contributed by atoms with Gasteiger partial charge in [0.2, 0.25) is 5.91 Å². The highest BCUT2D eigenvalue weighted by Gasteiger charge is 2.17. The van der Waals surface area contributed by atoms with Gasteiger partial charge in [-0.2, -0.15) is 0 Å². The van der Waals surface area contributed by atoms with Gasteiger partial charge < -0.3 is 15.5 Å². The number of likely N-dealkylation sites (tertiary alicyclic amines) is 1. The number of thiazole rings is 1. The Bertz CT molecular complexity index is 956. The van der Waals surface area contributed by atoms with Crippen LogP contribution in [0.15, 0.2) is 54.6 Å². The second-order valence-corrected chi connectivity index (χ2v) is 8.17. The van der Waals surface area contributed by atoms with E-state index in [2.05, 4.69) is 27.6 Å². The van der Waals surface area contributed by atoms with E-state index in [1.54, 1.807) is 23.5 Å². The van der Waals surface area contributed by atoms with E-state index in [1.165, 1.54) is 0 Å². The van der Waals surface area contributed by atoms with E-state index in [1.807, 2.05) is 48.5 Å². The predicted molar refractivity (Wildman–Crippen MR) is 118 cm³/mol. The van der Waals surface area contributed by atoms with Crippen LogP contribution >= 0.6 is 11.3 Å². The van der Waals surface area contributed by atoms with E-state index >= 15 is 0 Å². The molecule has 0 aliphatic carbocycles. The van der Waals surface area contributed by atoms with Gasteiger partial charge in [0.15, 0.2) is 0 Å². The minimum atomic E-state index is -0.156. The minimum absolute atomic E-state index is 0.156. The molecule has 0 atom stereocenters. The molecule has 3 aromatic rings. The summed E-state index contributed by atoms with van der Waals surface area (Å²) in [6.45, 7) is 2.19. The third-order valence-corrected chi connectivity index (χ3v) is 5.95. The van der Waals surface area contributed by atoms with Crippen LogP contribution in [0.5, 0.6) is 0 Å². The fourth-order valence-corrected chi connectivity index (χ4v) is 4.24. The van der Waals surface area contributed by atoms with Crippen LogP contribution in [0.2, 0.25) is 0 Å². The minimum Gasteiger partial charge on any atom is -0.381 e. The van der Waals surface area contributed by atoms with Gasteiger partial charge in [-0.3, -0.25) is 4.79 Å². The number of nitrogens with one attached hydrogen (secondary N) is 2. The number of amides is 1. The Balaban J connectivity index is 1.41. The van der Waals surface area contributed by atoms with Gasteiger partial charge in [-0.25, -0.2) is 4.98 Å². The molecule has 0 radical (unpaired) electrons. The van der Waals surface area contributed by atoms with Gasteiger partial charge in [-0.15, -0.1) is 11.3 Å². The number of nitrogens with zero attached hydrogens (tertiary/aromatic N) is 2. The number of carbonyl (C=O) groups is 1. The summed E-state index contributed by atoms with van der Waals surface area (Å²) in [6.07, 6.45) is 5.53. The van der Waals surface area contributed by atoms with E-state index in [0.29, 0.717) is 6.04 Å². The molecule has 28 heavy (non-hydrogen) atoms. The zero-order chi connectivity index (χ0) is 19.3. The molecule has 144 valence electrons. The SMILES string of the molecule is CN1CCC(Nc2ccccc2NC(=O)/C=C/c2nc3ccccc3s2)CC1. The van der Waals surface area contributed by atoms with Gasteiger partial charge in [0, 0.05) is 12.1 Å². The molecule has 1 saturated heterocycles. The smallest absolute Gasteiger partial charge is 0.248 e. The van der Waals surface area contributed by atoms with Gasteiger partial charge in [0.25, 0.3) is 0 Å². The van der Waals surface area contributed by atoms with Crippen LogP contribution in [-0.2, 0) is 4.79 Å². The molecule has 1 fully saturated rings. The summed E-state index contributed by atoms with van der Waals surface area (Å²) >= 11 is 1.58. The third-order valence-electron chi connectivity index (χ3n) is 4.95. The maximum absolute atomic E-state index is 12.4. The first kappa shape index (κ1) is 18.7. The van der Waals surface area contributed by atoms with Crippen LogP contribution in [-0.4, -0.2) is 42.0 Å². The van der Waals surface area contributed by atoms with Crippen LogP contribution in [0.1, 0.15) is 17.8 Å². The Morgan fingerprint density at radius 1 is 1.11 bits per heavy atom. The second kappa shape index (κ2) is 8.54. The van der Waals surface area contributed by atoms with Crippen molar-refractivity contribution in [3.05, 3.63) is 59.6 Å². The lowest BCUT2D eigenvalue weighted by Gasteiger charge is -2.30. The molecule has 1 aromatic heterocycles. The molecular weight excluding hydrogens is 368 g/mol. The fourth-order valence-electron chi connectivity index (χ4n) is 3.37. The highest BCUT2D eigenvalue weighted by molar-refractivity contribution is 7.19. The molecule has 2 aromatic carbocycles. The van der Waals surface area contributed by atoms with E-state index in [0.717, 1.165) is 52.5 Å². The average Bonchev–Trinajstić information content (AvgIpc) is 3.13. The topological polar surface area (TPSA) is 57.3 Å². The Labute approximate surface area is 169 Å². The first-order valence-corrected chi connectivity index (χ1v) is 10.4. The molecule has 2 heterocycles. The molecule has 2 N–H and O–H groups in total. The van der Waals surface area contributed by atoms with Crippen LogP contribution in [0, 0.1) is 0 Å². The van der Waals surface area contributed by atoms with E-state index in [9.17, 15) is 4.79 Å². The number of hydrogen-bond donors (Lipinski definition) is 2. The summed E-state index contributed by atoms with van der Waals surface area (Å²) in [6, 6.07) is 16.3. The number of aromatic nitrogens is 1. The van der Waals surface area contributed by atoms with Crippen molar-refractivity contribution < 1.29 is 4.79 Å². The lowest BCUT2D eigenvalue weighted by atomic mass is 10.0. The Kier molecular flexibility index (Phi) is 5.69. The Morgan fingerprint density at radius 3 is 2.61 bits per heavy atom. The highest BCUT2D eigenvalue weighted by atomic mass is 32.1. The summed E-state index contributed by atoms with van der Waals surface area (Å²) in [5.74, 6) is -0.156. The van der Waals surface area contributed by atoms with E-state index < -0.39 is 0 Å². The third kappa shape index (κ3) is 4.58. The molecule has 0 bridgehead atoms. The Morgan fingerprint density at radius 2 is 1.82 bits per heavy atom. The summed E-state index contributed by atoms with van der Waals surface area (Å²) in [5.41, 5.74) is 2.74. The van der Waals surface area contributed by atoms with E-state index in [4.69, 9.17) is 0 Å². The predicted octanol–water partition coefficient (Wildman–Crippen LogP) is 4.45. The van der Waals surface area contributed by atoms with Crippen molar-refractivity contribution in [1.82, 2.24) is 9.88 Å². The number of fused-ring (bicyclic) bond motifs is 1. The zero-order valence-electron chi connectivity index (χ0n) is 15.9. The maximum Gasteiger partial charge on any atom is 0.248 e.